The van der Waals surface area contributed by atoms with Crippen LogP contribution >= 0.6 is 0 Å². The van der Waals surface area contributed by atoms with Crippen molar-refractivity contribution in [2.75, 3.05) is 20.6 Å². The van der Waals surface area contributed by atoms with E-state index in [-0.39, 0.29) is 24.4 Å². The average molecular weight is 391 g/mol. The fourth-order valence-corrected chi connectivity index (χ4v) is 5.12. The van der Waals surface area contributed by atoms with Gasteiger partial charge in [-0.25, -0.2) is 0 Å². The van der Waals surface area contributed by atoms with Crippen LogP contribution in [0.25, 0.3) is 0 Å². The summed E-state index contributed by atoms with van der Waals surface area (Å²) in [6.45, 7) is 3.56. The third kappa shape index (κ3) is 4.10. The van der Waals surface area contributed by atoms with Gasteiger partial charge in [-0.2, -0.15) is 0 Å². The van der Waals surface area contributed by atoms with Gasteiger partial charge in [-0.1, -0.05) is 30.3 Å². The van der Waals surface area contributed by atoms with Gasteiger partial charge in [0.2, 0.25) is 5.91 Å². The van der Waals surface area contributed by atoms with Crippen LogP contribution in [-0.2, 0) is 9.53 Å². The van der Waals surface area contributed by atoms with E-state index in [9.17, 15) is 15.0 Å². The van der Waals surface area contributed by atoms with E-state index in [1.54, 1.807) is 0 Å². The lowest BCUT2D eigenvalue weighted by Crippen LogP contribution is -2.61. The highest BCUT2D eigenvalue weighted by Crippen LogP contribution is 2.51. The third-order valence-electron chi connectivity index (χ3n) is 6.62. The molecule has 28 heavy (non-hydrogen) atoms. The van der Waals surface area contributed by atoms with Crippen LogP contribution in [0.2, 0.25) is 0 Å². The van der Waals surface area contributed by atoms with Crippen molar-refractivity contribution >= 4 is 5.91 Å². The Morgan fingerprint density at radius 3 is 2.61 bits per heavy atom. The summed E-state index contributed by atoms with van der Waals surface area (Å²) in [5.41, 5.74) is -0.382. The molecule has 3 rings (SSSR count). The molecule has 6 nitrogen and oxygen atoms in total. The van der Waals surface area contributed by atoms with Crippen molar-refractivity contribution in [3.05, 3.63) is 35.9 Å². The molecule has 1 unspecified atom stereocenters. The molecule has 0 aromatic heterocycles. The first-order valence-electron chi connectivity index (χ1n) is 10.2. The maximum atomic E-state index is 11.4. The van der Waals surface area contributed by atoms with E-state index >= 15 is 0 Å². The van der Waals surface area contributed by atoms with Gasteiger partial charge in [-0.3, -0.25) is 4.79 Å². The highest BCUT2D eigenvalue weighted by atomic mass is 16.6. The monoisotopic (exact) mass is 390 g/mol. The largest absolute Gasteiger partial charge is 0.388 e. The first-order chi connectivity index (χ1) is 13.2. The van der Waals surface area contributed by atoms with Gasteiger partial charge in [0, 0.05) is 19.5 Å². The van der Waals surface area contributed by atoms with Crippen molar-refractivity contribution < 1.29 is 19.7 Å². The molecule has 1 aromatic rings. The second kappa shape index (κ2) is 8.11. The summed E-state index contributed by atoms with van der Waals surface area (Å²) in [5.74, 6) is -0.00375. The molecule has 156 valence electrons. The Labute approximate surface area is 167 Å². The van der Waals surface area contributed by atoms with Crippen molar-refractivity contribution in [2.45, 2.75) is 74.9 Å². The molecule has 2 aliphatic rings. The second-order valence-electron chi connectivity index (χ2n) is 8.96. The summed E-state index contributed by atoms with van der Waals surface area (Å²) in [6, 6.07) is 10.2. The number of aliphatic hydroxyl groups is 2. The summed E-state index contributed by atoms with van der Waals surface area (Å²) < 4.78 is 6.58. The summed E-state index contributed by atoms with van der Waals surface area (Å²) in [5, 5.41) is 25.1. The van der Waals surface area contributed by atoms with Crippen LogP contribution in [0.3, 0.4) is 0 Å². The zero-order chi connectivity index (χ0) is 20.5. The van der Waals surface area contributed by atoms with Crippen molar-refractivity contribution in [1.29, 1.82) is 0 Å². The number of hydrogen-bond acceptors (Lipinski definition) is 5. The topological polar surface area (TPSA) is 82.0 Å². The number of fused-ring (bicyclic) bond motifs is 2. The highest BCUT2D eigenvalue weighted by Gasteiger charge is 2.57. The maximum absolute atomic E-state index is 11.4. The highest BCUT2D eigenvalue weighted by molar-refractivity contribution is 5.72. The molecular weight excluding hydrogens is 356 g/mol. The molecule has 0 aliphatic carbocycles. The number of benzene rings is 1. The summed E-state index contributed by atoms with van der Waals surface area (Å²) in [4.78, 5) is 13.4. The van der Waals surface area contributed by atoms with Gasteiger partial charge in [0.1, 0.15) is 6.10 Å². The minimum atomic E-state index is -0.838. The van der Waals surface area contributed by atoms with Crippen molar-refractivity contribution in [3.8, 4) is 0 Å². The van der Waals surface area contributed by atoms with Crippen LogP contribution in [-0.4, -0.2) is 71.1 Å². The number of nitrogens with one attached hydrogen (secondary N) is 1. The lowest BCUT2D eigenvalue weighted by Gasteiger charge is -2.52. The number of amides is 1. The van der Waals surface area contributed by atoms with Crippen LogP contribution in [0.15, 0.2) is 30.3 Å². The predicted octanol–water partition coefficient (Wildman–Crippen LogP) is 1.66. The molecular formula is C22H34N2O4. The zero-order valence-electron chi connectivity index (χ0n) is 17.4. The first kappa shape index (κ1) is 21.2. The molecule has 1 aromatic carbocycles. The summed E-state index contributed by atoms with van der Waals surface area (Å²) >= 11 is 0. The number of carbonyl (C=O) groups is 1. The second-order valence-corrected chi connectivity index (χ2v) is 8.96. The van der Waals surface area contributed by atoms with Gasteiger partial charge in [-0.05, 0) is 58.2 Å². The van der Waals surface area contributed by atoms with Crippen molar-refractivity contribution in [3.63, 3.8) is 0 Å². The number of carbonyl (C=O) groups excluding carboxylic acids is 1. The minimum absolute atomic E-state index is 0.0469. The number of hydrogen-bond donors (Lipinski definition) is 3. The third-order valence-corrected chi connectivity index (χ3v) is 6.62. The van der Waals surface area contributed by atoms with E-state index in [1.807, 2.05) is 44.1 Å². The molecule has 2 saturated heterocycles. The molecule has 0 radical (unpaired) electrons. The van der Waals surface area contributed by atoms with Crippen molar-refractivity contribution in [1.82, 2.24) is 10.2 Å². The number of ether oxygens (including phenoxy) is 1. The summed E-state index contributed by atoms with van der Waals surface area (Å²) in [6.07, 6.45) is 1.21. The first-order valence-corrected chi connectivity index (χ1v) is 10.2. The van der Waals surface area contributed by atoms with E-state index in [1.165, 1.54) is 12.5 Å². The van der Waals surface area contributed by atoms with Gasteiger partial charge < -0.3 is 25.2 Å². The molecule has 0 spiro atoms. The fraction of sp³-hybridized carbons (Fsp3) is 0.682. The van der Waals surface area contributed by atoms with Gasteiger partial charge in [0.25, 0.3) is 0 Å². The Hall–Kier alpha value is -1.47. The van der Waals surface area contributed by atoms with Crippen LogP contribution in [0.1, 0.15) is 51.0 Å². The lowest BCUT2D eigenvalue weighted by atomic mass is 9.72. The van der Waals surface area contributed by atoms with Gasteiger partial charge in [0.05, 0.1) is 17.3 Å². The average Bonchev–Trinajstić information content (AvgIpc) is 2.73. The van der Waals surface area contributed by atoms with E-state index < -0.39 is 23.4 Å². The van der Waals surface area contributed by atoms with Crippen LogP contribution in [0, 0.1) is 0 Å². The number of rotatable bonds is 5. The quantitative estimate of drug-likeness (QED) is 0.712. The Morgan fingerprint density at radius 2 is 2.00 bits per heavy atom. The Bertz CT molecular complexity index is 682. The number of aliphatic hydroxyl groups excluding tert-OH is 2. The van der Waals surface area contributed by atoms with Crippen molar-refractivity contribution in [2.24, 2.45) is 0 Å². The smallest absolute Gasteiger partial charge is 0.216 e. The van der Waals surface area contributed by atoms with Gasteiger partial charge in [0.15, 0.2) is 0 Å². The fourth-order valence-electron chi connectivity index (χ4n) is 5.12. The molecule has 2 heterocycles. The van der Waals surface area contributed by atoms with Crippen LogP contribution < -0.4 is 5.32 Å². The maximum Gasteiger partial charge on any atom is 0.216 e. The van der Waals surface area contributed by atoms with E-state index in [0.717, 1.165) is 6.42 Å². The SMILES string of the molecule is CC(=O)NCC(O)[C@]12CC[C@@H](N(C)C)[C@H](O)[C@](C)(C[C@@H](c3ccccc3)C1)O2. The molecule has 2 bridgehead atoms. The molecule has 6 heteroatoms. The zero-order valence-corrected chi connectivity index (χ0v) is 17.4. The normalized spacial score (nSPS) is 36.6. The molecule has 0 saturated carbocycles. The van der Waals surface area contributed by atoms with E-state index in [0.29, 0.717) is 19.3 Å². The standard InChI is InChI=1S/C22H34N2O4/c1-15(25)23-14-19(26)22-11-10-18(24(3)4)20(27)21(2,28-22)12-17(13-22)16-8-6-5-7-9-16/h5-9,17-20,26-27H,10-14H2,1-4H3,(H,23,25)/t17-,18-,19?,20+,21+,22+/m1/s1. The molecule has 3 N–H and O–H groups in total. The Kier molecular flexibility index (Phi) is 6.15. The number of nitrogens with zero attached hydrogens (tertiary/aromatic N) is 1. The van der Waals surface area contributed by atoms with E-state index in [2.05, 4.69) is 17.4 Å². The number of likely N-dealkylation sites (N-methyl/N-ethyl adjacent to an activating group) is 1. The lowest BCUT2D eigenvalue weighted by molar-refractivity contribution is -0.250. The molecule has 6 atom stereocenters. The van der Waals surface area contributed by atoms with E-state index in [4.69, 9.17) is 4.74 Å². The Balaban J connectivity index is 1.99. The van der Waals surface area contributed by atoms with Crippen LogP contribution in [0.4, 0.5) is 0 Å². The minimum Gasteiger partial charge on any atom is -0.388 e. The predicted molar refractivity (Wildman–Crippen MR) is 108 cm³/mol. The molecule has 1 amide bonds. The molecule has 2 aliphatic heterocycles. The Morgan fingerprint density at radius 1 is 1.32 bits per heavy atom. The van der Waals surface area contributed by atoms with Gasteiger partial charge in [-0.15, -0.1) is 0 Å². The molecule has 2 fully saturated rings. The summed E-state index contributed by atoms with van der Waals surface area (Å²) in [7, 11) is 3.95. The van der Waals surface area contributed by atoms with Gasteiger partial charge >= 0.3 is 0 Å². The van der Waals surface area contributed by atoms with Crippen LogP contribution in [0.5, 0.6) is 0 Å².